The zero-order valence-electron chi connectivity index (χ0n) is 18.3. The van der Waals surface area contributed by atoms with Crippen LogP contribution in [0.5, 0.6) is 0 Å². The Morgan fingerprint density at radius 1 is 1.00 bits per heavy atom. The summed E-state index contributed by atoms with van der Waals surface area (Å²) in [6.07, 6.45) is 2.45. The molecule has 1 fully saturated rings. The second-order valence-corrected chi connectivity index (χ2v) is 8.24. The van der Waals surface area contributed by atoms with E-state index in [1.807, 2.05) is 47.4 Å². The van der Waals surface area contributed by atoms with Crippen LogP contribution in [-0.2, 0) is 11.2 Å². The van der Waals surface area contributed by atoms with Crippen molar-refractivity contribution in [2.24, 2.45) is 0 Å². The van der Waals surface area contributed by atoms with Gasteiger partial charge in [0.25, 0.3) is 0 Å². The first-order chi connectivity index (χ1) is 15.1. The van der Waals surface area contributed by atoms with E-state index in [0.29, 0.717) is 18.2 Å². The van der Waals surface area contributed by atoms with Crippen LogP contribution in [0.15, 0.2) is 59.0 Å². The highest BCUT2D eigenvalue weighted by Gasteiger charge is 2.27. The summed E-state index contributed by atoms with van der Waals surface area (Å²) in [5, 5.41) is 8.50. The molecule has 4 rings (SSSR count). The molecule has 1 atom stereocenters. The Balaban J connectivity index is 1.25. The van der Waals surface area contributed by atoms with Crippen LogP contribution < -0.4 is 0 Å². The van der Waals surface area contributed by atoms with Crippen molar-refractivity contribution in [3.63, 3.8) is 0 Å². The molecule has 1 aliphatic rings. The van der Waals surface area contributed by atoms with Crippen LogP contribution in [0.2, 0.25) is 0 Å². The number of carbonyl (C=O) groups excluding carboxylic acids is 1. The van der Waals surface area contributed by atoms with Crippen LogP contribution in [-0.4, -0.2) is 52.1 Å². The van der Waals surface area contributed by atoms with Crippen molar-refractivity contribution in [1.82, 2.24) is 20.0 Å². The molecule has 1 aromatic heterocycles. The van der Waals surface area contributed by atoms with Crippen molar-refractivity contribution >= 4 is 5.91 Å². The van der Waals surface area contributed by atoms with E-state index in [1.54, 1.807) is 0 Å². The molecule has 1 aliphatic heterocycles. The van der Waals surface area contributed by atoms with Gasteiger partial charge < -0.3 is 9.32 Å². The summed E-state index contributed by atoms with van der Waals surface area (Å²) < 4.78 is 5.95. The van der Waals surface area contributed by atoms with E-state index in [4.69, 9.17) is 4.42 Å². The van der Waals surface area contributed by atoms with Gasteiger partial charge in [-0.25, -0.2) is 0 Å². The van der Waals surface area contributed by atoms with Crippen LogP contribution in [0.1, 0.15) is 42.8 Å². The molecule has 6 heteroatoms. The SMILES string of the molecule is Cc1ccc(-c2nnc(C(C)N3CCN(C(=O)CCCc4ccccc4)CC3)o2)cc1. The molecule has 0 aliphatic carbocycles. The highest BCUT2D eigenvalue weighted by atomic mass is 16.4. The molecule has 0 saturated carbocycles. The fourth-order valence-electron chi connectivity index (χ4n) is 3.98. The van der Waals surface area contributed by atoms with E-state index in [-0.39, 0.29) is 11.9 Å². The lowest BCUT2D eigenvalue weighted by Crippen LogP contribution is -2.49. The van der Waals surface area contributed by atoms with Crippen LogP contribution >= 0.6 is 0 Å². The number of nitrogens with zero attached hydrogens (tertiary/aromatic N) is 4. The number of aromatic nitrogens is 2. The Kier molecular flexibility index (Phi) is 6.77. The standard InChI is InChI=1S/C25H30N4O2/c1-19-11-13-22(14-12-19)25-27-26-24(31-25)20(2)28-15-17-29(18-16-28)23(30)10-6-9-21-7-4-3-5-8-21/h3-5,7-8,11-14,20H,6,9-10,15-18H2,1-2H3. The lowest BCUT2D eigenvalue weighted by Gasteiger charge is -2.37. The van der Waals surface area contributed by atoms with Crippen molar-refractivity contribution in [2.75, 3.05) is 26.2 Å². The minimum Gasteiger partial charge on any atom is -0.419 e. The maximum absolute atomic E-state index is 12.6. The molecule has 31 heavy (non-hydrogen) atoms. The lowest BCUT2D eigenvalue weighted by atomic mass is 10.1. The highest BCUT2D eigenvalue weighted by Crippen LogP contribution is 2.25. The average molecular weight is 419 g/mol. The number of hydrogen-bond acceptors (Lipinski definition) is 5. The first-order valence-corrected chi connectivity index (χ1v) is 11.1. The van der Waals surface area contributed by atoms with Crippen molar-refractivity contribution < 1.29 is 9.21 Å². The van der Waals surface area contributed by atoms with E-state index in [1.165, 1.54) is 11.1 Å². The van der Waals surface area contributed by atoms with Crippen LogP contribution in [0.25, 0.3) is 11.5 Å². The van der Waals surface area contributed by atoms with Gasteiger partial charge in [-0.1, -0.05) is 48.0 Å². The van der Waals surface area contributed by atoms with Gasteiger partial charge in [0.05, 0.1) is 6.04 Å². The third kappa shape index (κ3) is 5.39. The summed E-state index contributed by atoms with van der Waals surface area (Å²) in [6, 6.07) is 18.5. The van der Waals surface area contributed by atoms with Gasteiger partial charge >= 0.3 is 0 Å². The summed E-state index contributed by atoms with van der Waals surface area (Å²) in [7, 11) is 0. The molecule has 162 valence electrons. The number of hydrogen-bond donors (Lipinski definition) is 0. The fraction of sp³-hybridized carbons (Fsp3) is 0.400. The summed E-state index contributed by atoms with van der Waals surface area (Å²) in [5.41, 5.74) is 3.42. The Labute approximate surface area is 183 Å². The van der Waals surface area contributed by atoms with Crippen molar-refractivity contribution in [3.8, 4) is 11.5 Å². The van der Waals surface area contributed by atoms with E-state index in [2.05, 4.69) is 41.1 Å². The lowest BCUT2D eigenvalue weighted by molar-refractivity contribution is -0.133. The quantitative estimate of drug-likeness (QED) is 0.573. The fourth-order valence-corrected chi connectivity index (χ4v) is 3.98. The monoisotopic (exact) mass is 418 g/mol. The predicted molar refractivity (Wildman–Crippen MR) is 120 cm³/mol. The smallest absolute Gasteiger partial charge is 0.247 e. The van der Waals surface area contributed by atoms with E-state index in [9.17, 15) is 4.79 Å². The molecule has 3 aromatic rings. The molecular weight excluding hydrogens is 388 g/mol. The van der Waals surface area contributed by atoms with Gasteiger partial charge in [-0.05, 0) is 44.4 Å². The van der Waals surface area contributed by atoms with E-state index in [0.717, 1.165) is 44.6 Å². The number of rotatable bonds is 7. The Hall–Kier alpha value is -2.99. The molecule has 2 aromatic carbocycles. The normalized spacial score (nSPS) is 15.7. The molecular formula is C25H30N4O2. The van der Waals surface area contributed by atoms with Crippen molar-refractivity contribution in [1.29, 1.82) is 0 Å². The maximum atomic E-state index is 12.6. The Bertz CT molecular complexity index is 976. The van der Waals surface area contributed by atoms with Crippen LogP contribution in [0.4, 0.5) is 0 Å². The van der Waals surface area contributed by atoms with E-state index < -0.39 is 0 Å². The third-order valence-corrected chi connectivity index (χ3v) is 6.01. The molecule has 6 nitrogen and oxygen atoms in total. The molecule has 0 spiro atoms. The van der Waals surface area contributed by atoms with Crippen LogP contribution in [0, 0.1) is 6.92 Å². The minimum absolute atomic E-state index is 0.0297. The minimum atomic E-state index is 0.0297. The Morgan fingerprint density at radius 2 is 1.71 bits per heavy atom. The molecule has 0 bridgehead atoms. The topological polar surface area (TPSA) is 62.5 Å². The summed E-state index contributed by atoms with van der Waals surface area (Å²) in [4.78, 5) is 16.9. The van der Waals surface area contributed by atoms with Gasteiger partial charge in [-0.15, -0.1) is 10.2 Å². The summed E-state index contributed by atoms with van der Waals surface area (Å²) >= 11 is 0. The first-order valence-electron chi connectivity index (χ1n) is 11.1. The second kappa shape index (κ2) is 9.88. The highest BCUT2D eigenvalue weighted by molar-refractivity contribution is 5.76. The largest absolute Gasteiger partial charge is 0.419 e. The average Bonchev–Trinajstić information content (AvgIpc) is 3.30. The van der Waals surface area contributed by atoms with Gasteiger partial charge in [-0.3, -0.25) is 9.69 Å². The summed E-state index contributed by atoms with van der Waals surface area (Å²) in [5.74, 6) is 1.43. The number of carbonyl (C=O) groups is 1. The molecule has 1 unspecified atom stereocenters. The van der Waals surface area contributed by atoms with E-state index >= 15 is 0 Å². The molecule has 1 amide bonds. The van der Waals surface area contributed by atoms with Crippen molar-refractivity contribution in [2.45, 2.75) is 39.2 Å². The number of benzene rings is 2. The zero-order valence-corrected chi connectivity index (χ0v) is 18.3. The molecule has 2 heterocycles. The number of piperazine rings is 1. The van der Waals surface area contributed by atoms with Gasteiger partial charge in [0.1, 0.15) is 0 Å². The zero-order chi connectivity index (χ0) is 21.6. The Morgan fingerprint density at radius 3 is 2.42 bits per heavy atom. The maximum Gasteiger partial charge on any atom is 0.247 e. The number of aryl methyl sites for hydroxylation is 2. The number of amides is 1. The van der Waals surface area contributed by atoms with Crippen LogP contribution in [0.3, 0.4) is 0 Å². The third-order valence-electron chi connectivity index (χ3n) is 6.01. The first kappa shape index (κ1) is 21.2. The molecule has 0 N–H and O–H groups in total. The van der Waals surface area contributed by atoms with Gasteiger partial charge in [-0.2, -0.15) is 0 Å². The van der Waals surface area contributed by atoms with Gasteiger partial charge in [0.15, 0.2) is 0 Å². The summed E-state index contributed by atoms with van der Waals surface area (Å²) in [6.45, 7) is 7.26. The second-order valence-electron chi connectivity index (χ2n) is 8.24. The van der Waals surface area contributed by atoms with Gasteiger partial charge in [0.2, 0.25) is 17.7 Å². The molecule has 0 radical (unpaired) electrons. The predicted octanol–water partition coefficient (Wildman–Crippen LogP) is 4.27. The molecule has 1 saturated heterocycles. The van der Waals surface area contributed by atoms with Crippen molar-refractivity contribution in [3.05, 3.63) is 71.6 Å². The van der Waals surface area contributed by atoms with Gasteiger partial charge in [0, 0.05) is 38.2 Å².